The number of aromatic nitrogens is 1. The van der Waals surface area contributed by atoms with Crippen LogP contribution in [0.3, 0.4) is 0 Å². The van der Waals surface area contributed by atoms with Gasteiger partial charge in [-0.1, -0.05) is 35.1 Å². The van der Waals surface area contributed by atoms with Crippen molar-refractivity contribution in [2.45, 2.75) is 39.2 Å². The van der Waals surface area contributed by atoms with Crippen LogP contribution in [-0.2, 0) is 16.0 Å². The van der Waals surface area contributed by atoms with Crippen molar-refractivity contribution in [3.63, 3.8) is 0 Å². The van der Waals surface area contributed by atoms with E-state index in [0.717, 1.165) is 52.1 Å². The number of thiazole rings is 1. The van der Waals surface area contributed by atoms with Crippen LogP contribution in [0.4, 0.5) is 5.13 Å². The van der Waals surface area contributed by atoms with E-state index in [1.54, 1.807) is 12.0 Å². The number of benzene rings is 2. The van der Waals surface area contributed by atoms with E-state index in [1.807, 2.05) is 44.2 Å². The summed E-state index contributed by atoms with van der Waals surface area (Å²) >= 11 is 7.80. The van der Waals surface area contributed by atoms with Gasteiger partial charge in [0.1, 0.15) is 5.75 Å². The fourth-order valence-corrected chi connectivity index (χ4v) is 5.01. The van der Waals surface area contributed by atoms with Gasteiger partial charge in [-0.25, -0.2) is 4.98 Å². The Bertz CT molecular complexity index is 1080. The smallest absolute Gasteiger partial charge is 0.233 e. The van der Waals surface area contributed by atoms with Crippen LogP contribution in [0.5, 0.6) is 5.75 Å². The van der Waals surface area contributed by atoms with Gasteiger partial charge in [0.05, 0.1) is 36.4 Å². The molecule has 1 aliphatic heterocycles. The van der Waals surface area contributed by atoms with E-state index in [2.05, 4.69) is 0 Å². The fraction of sp³-hybridized carbons (Fsp3) is 0.391. The van der Waals surface area contributed by atoms with E-state index in [1.165, 1.54) is 11.3 Å². The minimum absolute atomic E-state index is 0.0119. The van der Waals surface area contributed by atoms with Gasteiger partial charge in [0.25, 0.3) is 0 Å². The molecule has 0 radical (unpaired) electrons. The van der Waals surface area contributed by atoms with Crippen LogP contribution >= 0.6 is 22.9 Å². The molecule has 0 spiro atoms. The van der Waals surface area contributed by atoms with Gasteiger partial charge in [-0.2, -0.15) is 0 Å². The van der Waals surface area contributed by atoms with Gasteiger partial charge in [0, 0.05) is 11.6 Å². The zero-order valence-corrected chi connectivity index (χ0v) is 19.0. The van der Waals surface area contributed by atoms with Crippen LogP contribution in [0, 0.1) is 13.8 Å². The lowest BCUT2D eigenvalue weighted by molar-refractivity contribution is -0.118. The number of hydrogen-bond donors (Lipinski definition) is 0. The normalized spacial score (nSPS) is 16.2. The van der Waals surface area contributed by atoms with E-state index < -0.39 is 0 Å². The maximum absolute atomic E-state index is 13.4. The van der Waals surface area contributed by atoms with Crippen molar-refractivity contribution in [2.24, 2.45) is 0 Å². The van der Waals surface area contributed by atoms with Gasteiger partial charge in [-0.3, -0.25) is 9.69 Å². The average molecular weight is 445 g/mol. The van der Waals surface area contributed by atoms with E-state index in [0.29, 0.717) is 23.1 Å². The van der Waals surface area contributed by atoms with Gasteiger partial charge in [-0.15, -0.1) is 0 Å². The third kappa shape index (κ3) is 4.31. The first kappa shape index (κ1) is 21.1. The Labute approximate surface area is 185 Å². The number of halogens is 1. The van der Waals surface area contributed by atoms with Crippen LogP contribution in [-0.4, -0.2) is 37.3 Å². The standard InChI is InChI=1S/C23H25ClN2O3S/c1-14-11-16(6-8-19(14)28-3)12-21(27)26(13-17-5-4-10-29-17)23-25-22-15(2)18(24)7-9-20(22)30-23/h6-9,11,17H,4-5,10,12-13H2,1-3H3. The Kier molecular flexibility index (Phi) is 6.27. The van der Waals surface area contributed by atoms with Gasteiger partial charge >= 0.3 is 0 Å². The Hall–Kier alpha value is -2.15. The first-order valence-corrected chi connectivity index (χ1v) is 11.3. The van der Waals surface area contributed by atoms with Crippen LogP contribution in [0.1, 0.15) is 29.5 Å². The van der Waals surface area contributed by atoms with Gasteiger partial charge < -0.3 is 9.47 Å². The second kappa shape index (κ2) is 8.92. The van der Waals surface area contributed by atoms with Crippen LogP contribution < -0.4 is 9.64 Å². The molecule has 7 heteroatoms. The summed E-state index contributed by atoms with van der Waals surface area (Å²) in [6, 6.07) is 9.70. The highest BCUT2D eigenvalue weighted by molar-refractivity contribution is 7.22. The van der Waals surface area contributed by atoms with Crippen LogP contribution in [0.2, 0.25) is 5.02 Å². The molecule has 0 bridgehead atoms. The lowest BCUT2D eigenvalue weighted by Gasteiger charge is -2.23. The molecule has 4 rings (SSSR count). The molecular weight excluding hydrogens is 420 g/mol. The largest absolute Gasteiger partial charge is 0.496 e. The number of rotatable bonds is 6. The second-order valence-corrected chi connectivity index (χ2v) is 9.05. The number of anilines is 1. The molecule has 1 unspecified atom stereocenters. The predicted octanol–water partition coefficient (Wildman–Crippen LogP) is 5.33. The maximum atomic E-state index is 13.4. The zero-order chi connectivity index (χ0) is 21.3. The fourth-order valence-electron chi connectivity index (χ4n) is 3.80. The number of carbonyl (C=O) groups is 1. The molecule has 1 aromatic heterocycles. The Morgan fingerprint density at radius 3 is 2.87 bits per heavy atom. The number of methoxy groups -OCH3 is 1. The quantitative estimate of drug-likeness (QED) is 0.515. The lowest BCUT2D eigenvalue weighted by atomic mass is 10.1. The molecule has 0 N–H and O–H groups in total. The Morgan fingerprint density at radius 2 is 2.17 bits per heavy atom. The number of aryl methyl sites for hydroxylation is 2. The third-order valence-corrected chi connectivity index (χ3v) is 6.95. The van der Waals surface area contributed by atoms with Gasteiger partial charge in [-0.05, 0) is 61.6 Å². The molecule has 2 heterocycles. The summed E-state index contributed by atoms with van der Waals surface area (Å²) in [5, 5.41) is 1.38. The maximum Gasteiger partial charge on any atom is 0.233 e. The molecule has 1 amide bonds. The highest BCUT2D eigenvalue weighted by Gasteiger charge is 2.26. The number of carbonyl (C=O) groups excluding carboxylic acids is 1. The summed E-state index contributed by atoms with van der Waals surface area (Å²) in [5.74, 6) is 0.832. The Balaban J connectivity index is 1.64. The average Bonchev–Trinajstić information content (AvgIpc) is 3.39. The molecular formula is C23H25ClN2O3S. The summed E-state index contributed by atoms with van der Waals surface area (Å²) in [4.78, 5) is 19.9. The van der Waals surface area contributed by atoms with Crippen molar-refractivity contribution in [1.29, 1.82) is 0 Å². The topological polar surface area (TPSA) is 51.7 Å². The predicted molar refractivity (Wildman–Crippen MR) is 122 cm³/mol. The first-order chi connectivity index (χ1) is 14.5. The SMILES string of the molecule is COc1ccc(CC(=O)N(CC2CCCO2)c2nc3c(C)c(Cl)ccc3s2)cc1C. The highest BCUT2D eigenvalue weighted by Crippen LogP contribution is 2.34. The highest BCUT2D eigenvalue weighted by atomic mass is 35.5. The number of hydrogen-bond acceptors (Lipinski definition) is 5. The number of nitrogens with zero attached hydrogens (tertiary/aromatic N) is 2. The number of fused-ring (bicyclic) bond motifs is 1. The van der Waals surface area contributed by atoms with Crippen molar-refractivity contribution in [1.82, 2.24) is 4.98 Å². The first-order valence-electron chi connectivity index (χ1n) is 10.1. The van der Waals surface area contributed by atoms with Crippen molar-refractivity contribution in [3.05, 3.63) is 52.0 Å². The summed E-state index contributed by atoms with van der Waals surface area (Å²) in [6.07, 6.45) is 2.33. The number of amides is 1. The molecule has 1 fully saturated rings. The second-order valence-electron chi connectivity index (χ2n) is 7.64. The van der Waals surface area contributed by atoms with Crippen molar-refractivity contribution < 1.29 is 14.3 Å². The monoisotopic (exact) mass is 444 g/mol. The summed E-state index contributed by atoms with van der Waals surface area (Å²) in [6.45, 7) is 5.21. The number of ether oxygens (including phenoxy) is 2. The van der Waals surface area contributed by atoms with E-state index in [-0.39, 0.29) is 12.0 Å². The van der Waals surface area contributed by atoms with Gasteiger partial charge in [0.15, 0.2) is 5.13 Å². The third-order valence-electron chi connectivity index (χ3n) is 5.49. The molecule has 30 heavy (non-hydrogen) atoms. The van der Waals surface area contributed by atoms with Crippen molar-refractivity contribution in [3.8, 4) is 5.75 Å². The molecule has 5 nitrogen and oxygen atoms in total. The molecule has 1 aliphatic rings. The summed E-state index contributed by atoms with van der Waals surface area (Å²) in [7, 11) is 1.65. The molecule has 0 saturated carbocycles. The lowest BCUT2D eigenvalue weighted by Crippen LogP contribution is -2.38. The molecule has 158 valence electrons. The summed E-state index contributed by atoms with van der Waals surface area (Å²) < 4.78 is 12.2. The molecule has 1 atom stereocenters. The summed E-state index contributed by atoms with van der Waals surface area (Å²) in [5.41, 5.74) is 3.76. The minimum Gasteiger partial charge on any atom is -0.496 e. The Morgan fingerprint density at radius 1 is 1.33 bits per heavy atom. The zero-order valence-electron chi connectivity index (χ0n) is 17.4. The van der Waals surface area contributed by atoms with Crippen molar-refractivity contribution >= 4 is 44.2 Å². The molecule has 0 aliphatic carbocycles. The van der Waals surface area contributed by atoms with E-state index in [4.69, 9.17) is 26.1 Å². The van der Waals surface area contributed by atoms with Gasteiger partial charge in [0.2, 0.25) is 5.91 Å². The van der Waals surface area contributed by atoms with Crippen LogP contribution in [0.15, 0.2) is 30.3 Å². The molecule has 1 saturated heterocycles. The minimum atomic E-state index is 0.0119. The van der Waals surface area contributed by atoms with Crippen LogP contribution in [0.25, 0.3) is 10.2 Å². The van der Waals surface area contributed by atoms with E-state index in [9.17, 15) is 4.79 Å². The van der Waals surface area contributed by atoms with E-state index >= 15 is 0 Å². The van der Waals surface area contributed by atoms with Crippen molar-refractivity contribution in [2.75, 3.05) is 25.2 Å². The molecule has 2 aromatic carbocycles. The molecule has 3 aromatic rings.